The van der Waals surface area contributed by atoms with Crippen LogP contribution < -0.4 is 29.1 Å². The molecule has 0 bridgehead atoms. The number of carbonyl (C=O) groups excluding carboxylic acids is 1. The molecule has 0 aliphatic carbocycles. The second kappa shape index (κ2) is 12.8. The van der Waals surface area contributed by atoms with Gasteiger partial charge in [0.15, 0.2) is 22.9 Å². The van der Waals surface area contributed by atoms with Crippen molar-refractivity contribution in [3.05, 3.63) is 82.5 Å². The summed E-state index contributed by atoms with van der Waals surface area (Å²) in [6, 6.07) is 9.39. The van der Waals surface area contributed by atoms with Crippen molar-refractivity contribution in [2.75, 3.05) is 20.3 Å². The van der Waals surface area contributed by atoms with Crippen LogP contribution in [0.1, 0.15) is 44.9 Å². The Balaban J connectivity index is 1.97. The van der Waals surface area contributed by atoms with Gasteiger partial charge in [-0.25, -0.2) is 9.79 Å². The van der Waals surface area contributed by atoms with Gasteiger partial charge in [-0.15, -0.1) is 0 Å². The van der Waals surface area contributed by atoms with Crippen LogP contribution in [0.4, 0.5) is 0 Å². The van der Waals surface area contributed by atoms with Gasteiger partial charge in [0.2, 0.25) is 0 Å². The van der Waals surface area contributed by atoms with E-state index >= 15 is 0 Å². The molecular weight excluding hydrogens is 589 g/mol. The molecule has 214 valence electrons. The Kier molecular flexibility index (Phi) is 9.43. The highest BCUT2D eigenvalue weighted by Crippen LogP contribution is 2.37. The van der Waals surface area contributed by atoms with Gasteiger partial charge in [-0.3, -0.25) is 9.36 Å². The van der Waals surface area contributed by atoms with Crippen molar-refractivity contribution in [3.8, 4) is 23.3 Å². The summed E-state index contributed by atoms with van der Waals surface area (Å²) in [5.74, 6) is 0.612. The number of hydrogen-bond acceptors (Lipinski definition) is 9. The quantitative estimate of drug-likeness (QED) is 0.318. The van der Waals surface area contributed by atoms with Gasteiger partial charge in [0.05, 0.1) is 46.7 Å². The van der Waals surface area contributed by atoms with Crippen LogP contribution in [-0.4, -0.2) is 37.0 Å². The Morgan fingerprint density at radius 2 is 2.00 bits per heavy atom. The van der Waals surface area contributed by atoms with Gasteiger partial charge < -0.3 is 18.9 Å². The smallest absolute Gasteiger partial charge is 0.338 e. The number of aromatic nitrogens is 1. The van der Waals surface area contributed by atoms with Gasteiger partial charge in [-0.1, -0.05) is 40.6 Å². The van der Waals surface area contributed by atoms with Gasteiger partial charge in [0.1, 0.15) is 11.8 Å². The molecule has 2 heterocycles. The molecule has 0 saturated heterocycles. The lowest BCUT2D eigenvalue weighted by molar-refractivity contribution is -0.139. The number of esters is 1. The van der Waals surface area contributed by atoms with E-state index in [0.29, 0.717) is 42.7 Å². The first-order valence-electron chi connectivity index (χ1n) is 12.6. The number of halogens is 2. The third-order valence-corrected chi connectivity index (χ3v) is 7.47. The fourth-order valence-electron chi connectivity index (χ4n) is 4.40. The first kappa shape index (κ1) is 30.2. The lowest BCUT2D eigenvalue weighted by atomic mass is 9.95. The predicted molar refractivity (Wildman–Crippen MR) is 157 cm³/mol. The maximum Gasteiger partial charge on any atom is 0.338 e. The highest BCUT2D eigenvalue weighted by molar-refractivity contribution is 7.07. The van der Waals surface area contributed by atoms with Gasteiger partial charge >= 0.3 is 5.97 Å². The number of rotatable bonds is 9. The van der Waals surface area contributed by atoms with Gasteiger partial charge in [-0.2, -0.15) is 5.26 Å². The number of methoxy groups -OCH3 is 1. The summed E-state index contributed by atoms with van der Waals surface area (Å²) in [6.07, 6.45) is 1.49. The Hall–Kier alpha value is -3.78. The standard InChI is InChI=1S/C29H27Cl2N3O6S/c1-6-38-28(36)24-16(4)33-29-34(25(24)17-7-8-21(40-15(2)3)22(12-17)37-5)27(35)23(41-29)13-18-11-19(30)14-20(31)26(18)39-10-9-32/h7-8,11-15,25H,6,10H2,1-5H3/b23-13+/t25-/m0/s1. The van der Waals surface area contributed by atoms with Crippen LogP contribution in [0.2, 0.25) is 10.0 Å². The van der Waals surface area contributed by atoms with E-state index in [1.807, 2.05) is 19.9 Å². The van der Waals surface area contributed by atoms with Crippen molar-refractivity contribution in [1.82, 2.24) is 4.57 Å². The minimum atomic E-state index is -0.855. The maximum atomic E-state index is 14.0. The highest BCUT2D eigenvalue weighted by Gasteiger charge is 2.34. The second-order valence-corrected chi connectivity index (χ2v) is 11.0. The molecule has 1 aromatic heterocycles. The van der Waals surface area contributed by atoms with Crippen molar-refractivity contribution in [3.63, 3.8) is 0 Å². The molecule has 3 aromatic rings. The van der Waals surface area contributed by atoms with Gasteiger partial charge in [0, 0.05) is 10.6 Å². The SMILES string of the molecule is CCOC(=O)C1=C(C)N=c2s/c(=C/c3cc(Cl)cc(Cl)c3OCC#N)c(=O)n2[C@H]1c1ccc(OC(C)C)c(OC)c1. The number of fused-ring (bicyclic) bond motifs is 1. The fourth-order valence-corrected chi connectivity index (χ4v) is 6.00. The summed E-state index contributed by atoms with van der Waals surface area (Å²) in [4.78, 5) is 32.2. The summed E-state index contributed by atoms with van der Waals surface area (Å²) in [5.41, 5.74) is 1.27. The number of nitrogens with zero attached hydrogens (tertiary/aromatic N) is 3. The Morgan fingerprint density at radius 3 is 2.66 bits per heavy atom. The molecule has 1 aliphatic heterocycles. The first-order chi connectivity index (χ1) is 19.6. The van der Waals surface area contributed by atoms with Crippen LogP contribution in [0.3, 0.4) is 0 Å². The lowest BCUT2D eigenvalue weighted by Gasteiger charge is -2.25. The molecule has 1 aliphatic rings. The minimum Gasteiger partial charge on any atom is -0.493 e. The summed E-state index contributed by atoms with van der Waals surface area (Å²) >= 11 is 13.7. The number of thiazole rings is 1. The van der Waals surface area contributed by atoms with Crippen LogP contribution in [0.15, 0.2) is 51.4 Å². The number of hydrogen-bond donors (Lipinski definition) is 0. The van der Waals surface area contributed by atoms with Crippen LogP contribution in [0.5, 0.6) is 17.2 Å². The number of carbonyl (C=O) groups is 1. The third-order valence-electron chi connectivity index (χ3n) is 5.99. The Bertz CT molecular complexity index is 1750. The molecule has 41 heavy (non-hydrogen) atoms. The van der Waals surface area contributed by atoms with Crippen LogP contribution in [0.25, 0.3) is 6.08 Å². The predicted octanol–water partition coefficient (Wildman–Crippen LogP) is 4.80. The summed E-state index contributed by atoms with van der Waals surface area (Å²) in [5, 5.41) is 9.52. The number of benzene rings is 2. The molecule has 0 fully saturated rings. The normalized spacial score (nSPS) is 14.8. The number of nitriles is 1. The van der Waals surface area contributed by atoms with E-state index in [1.54, 1.807) is 44.2 Å². The second-order valence-electron chi connectivity index (χ2n) is 9.13. The van der Waals surface area contributed by atoms with E-state index in [-0.39, 0.29) is 35.7 Å². The minimum absolute atomic E-state index is 0.0910. The molecule has 0 saturated carbocycles. The van der Waals surface area contributed by atoms with E-state index in [4.69, 9.17) is 47.4 Å². The Morgan fingerprint density at radius 1 is 1.24 bits per heavy atom. The molecule has 0 unspecified atom stereocenters. The van der Waals surface area contributed by atoms with E-state index in [9.17, 15) is 9.59 Å². The highest BCUT2D eigenvalue weighted by atomic mass is 35.5. The Labute approximate surface area is 250 Å². The van der Waals surface area contributed by atoms with E-state index in [0.717, 1.165) is 11.3 Å². The monoisotopic (exact) mass is 615 g/mol. The lowest BCUT2D eigenvalue weighted by Crippen LogP contribution is -2.40. The summed E-state index contributed by atoms with van der Waals surface area (Å²) < 4.78 is 24.1. The topological polar surface area (TPSA) is 112 Å². The van der Waals surface area contributed by atoms with Gasteiger partial charge in [0.25, 0.3) is 5.56 Å². The van der Waals surface area contributed by atoms with Crippen molar-refractivity contribution in [1.29, 1.82) is 5.26 Å². The molecule has 0 amide bonds. The zero-order chi connectivity index (χ0) is 29.8. The molecule has 9 nitrogen and oxygen atoms in total. The number of ether oxygens (including phenoxy) is 4. The largest absolute Gasteiger partial charge is 0.493 e. The zero-order valence-corrected chi connectivity index (χ0v) is 25.3. The first-order valence-corrected chi connectivity index (χ1v) is 14.2. The molecule has 4 rings (SSSR count). The van der Waals surface area contributed by atoms with Crippen LogP contribution in [0, 0.1) is 11.3 Å². The molecule has 0 radical (unpaired) electrons. The zero-order valence-electron chi connectivity index (χ0n) is 23.0. The summed E-state index contributed by atoms with van der Waals surface area (Å²) in [7, 11) is 1.52. The van der Waals surface area contributed by atoms with E-state index in [2.05, 4.69) is 4.99 Å². The van der Waals surface area contributed by atoms with Crippen LogP contribution >= 0.6 is 34.5 Å². The van der Waals surface area contributed by atoms with Gasteiger partial charge in [-0.05, 0) is 63.6 Å². The molecule has 0 spiro atoms. The van der Waals surface area contributed by atoms with Crippen molar-refractivity contribution < 1.29 is 23.7 Å². The molecule has 0 N–H and O–H groups in total. The molecule has 1 atom stereocenters. The fraction of sp³-hybridized carbons (Fsp3) is 0.310. The maximum absolute atomic E-state index is 14.0. The average molecular weight is 617 g/mol. The average Bonchev–Trinajstić information content (AvgIpc) is 3.21. The van der Waals surface area contributed by atoms with Crippen molar-refractivity contribution in [2.24, 2.45) is 4.99 Å². The third kappa shape index (κ3) is 6.27. The molecular formula is C29H27Cl2N3O6S. The summed E-state index contributed by atoms with van der Waals surface area (Å²) in [6.45, 7) is 7.12. The van der Waals surface area contributed by atoms with Crippen molar-refractivity contribution in [2.45, 2.75) is 39.8 Å². The van der Waals surface area contributed by atoms with E-state index in [1.165, 1.54) is 17.7 Å². The van der Waals surface area contributed by atoms with Crippen molar-refractivity contribution >= 4 is 46.6 Å². The van der Waals surface area contributed by atoms with Crippen LogP contribution in [-0.2, 0) is 9.53 Å². The van der Waals surface area contributed by atoms with E-state index < -0.39 is 17.6 Å². The number of allylic oxidation sites excluding steroid dienone is 1. The molecule has 12 heteroatoms. The molecule has 2 aromatic carbocycles.